The van der Waals surface area contributed by atoms with Crippen LogP contribution < -0.4 is 20.4 Å². The first kappa shape index (κ1) is 37.6. The van der Waals surface area contributed by atoms with E-state index in [1.54, 1.807) is 15.9 Å². The lowest BCUT2D eigenvalue weighted by molar-refractivity contribution is -0.136. The number of para-hydroxylation sites is 1. The van der Waals surface area contributed by atoms with Gasteiger partial charge in [0.1, 0.15) is 11.6 Å². The third-order valence-electron chi connectivity index (χ3n) is 13.5. The molecule has 3 amide bonds. The number of hydrogen-bond acceptors (Lipinski definition) is 11. The topological polar surface area (TPSA) is 152 Å². The van der Waals surface area contributed by atoms with Crippen molar-refractivity contribution in [2.24, 2.45) is 5.92 Å². The number of amides is 3. The molecule has 2 aromatic heterocycles. The molecular weight excluding hydrogens is 766 g/mol. The number of benzene rings is 2. The molecule has 1 unspecified atom stereocenters. The van der Waals surface area contributed by atoms with Crippen LogP contribution in [0.15, 0.2) is 48.7 Å². The second-order valence-corrected chi connectivity index (χ2v) is 17.1. The van der Waals surface area contributed by atoms with Crippen molar-refractivity contribution in [3.05, 3.63) is 76.9 Å². The monoisotopic (exact) mass is 810 g/mol. The van der Waals surface area contributed by atoms with Gasteiger partial charge >= 0.3 is 0 Å². The molecule has 308 valence electrons. The van der Waals surface area contributed by atoms with Gasteiger partial charge in [-0.25, -0.2) is 13.2 Å². The quantitative estimate of drug-likeness (QED) is 0.224. The summed E-state index contributed by atoms with van der Waals surface area (Å²) in [5, 5.41) is 29.1. The molecule has 8 heterocycles. The minimum atomic E-state index is -2.68. The maximum atomic E-state index is 15.2. The Labute approximate surface area is 338 Å². The first-order valence-corrected chi connectivity index (χ1v) is 20.4. The number of aromatic hydroxyl groups is 1. The number of rotatable bonds is 7. The molecule has 0 saturated carbocycles. The number of nitrogens with one attached hydrogen (secondary N) is 2. The smallest absolute Gasteiger partial charge is 0.263 e. The van der Waals surface area contributed by atoms with Crippen LogP contribution in [0.5, 0.6) is 5.75 Å². The molecule has 0 bridgehead atoms. The van der Waals surface area contributed by atoms with Gasteiger partial charge in [-0.15, -0.1) is 10.2 Å². The van der Waals surface area contributed by atoms with Gasteiger partial charge in [0.15, 0.2) is 17.4 Å². The second-order valence-electron chi connectivity index (χ2n) is 17.1. The first-order valence-electron chi connectivity index (χ1n) is 20.4. The van der Waals surface area contributed by atoms with Gasteiger partial charge in [0.05, 0.1) is 23.6 Å². The summed E-state index contributed by atoms with van der Waals surface area (Å²) in [6, 6.07) is 10.7. The molecule has 14 nitrogen and oxygen atoms in total. The Bertz CT molecular complexity index is 2370. The number of nitrogens with zero attached hydrogens (tertiary/aromatic N) is 8. The number of carbonyl (C=O) groups excluding carboxylic acids is 3. The third kappa shape index (κ3) is 6.26. The van der Waals surface area contributed by atoms with Gasteiger partial charge in [0.2, 0.25) is 11.8 Å². The maximum absolute atomic E-state index is 15.2. The van der Waals surface area contributed by atoms with E-state index in [4.69, 9.17) is 5.10 Å². The van der Waals surface area contributed by atoms with Crippen molar-refractivity contribution in [1.29, 1.82) is 0 Å². The van der Waals surface area contributed by atoms with Crippen LogP contribution >= 0.6 is 0 Å². The number of imide groups is 1. The molecule has 3 fully saturated rings. The van der Waals surface area contributed by atoms with Crippen molar-refractivity contribution in [1.82, 2.24) is 35.1 Å². The predicted molar refractivity (Wildman–Crippen MR) is 211 cm³/mol. The lowest BCUT2D eigenvalue weighted by Gasteiger charge is -2.43. The van der Waals surface area contributed by atoms with Crippen molar-refractivity contribution >= 4 is 34.9 Å². The number of phenols is 1. The molecule has 17 heteroatoms. The number of piperidine rings is 2. The maximum Gasteiger partial charge on any atom is 0.263 e. The van der Waals surface area contributed by atoms with Crippen molar-refractivity contribution in [2.75, 3.05) is 54.4 Å². The average molecular weight is 811 g/mol. The minimum Gasteiger partial charge on any atom is -0.504 e. The molecule has 2 aromatic carbocycles. The van der Waals surface area contributed by atoms with Crippen LogP contribution in [0.4, 0.5) is 30.4 Å². The molecule has 0 spiro atoms. The van der Waals surface area contributed by atoms with E-state index in [-0.39, 0.29) is 61.0 Å². The summed E-state index contributed by atoms with van der Waals surface area (Å²) in [6.45, 7) is 7.01. The average Bonchev–Trinajstić information content (AvgIpc) is 3.93. The molecule has 6 aliphatic rings. The normalized spacial score (nSPS) is 25.8. The van der Waals surface area contributed by atoms with E-state index >= 15 is 8.78 Å². The predicted octanol–water partition coefficient (Wildman–Crippen LogP) is 4.66. The van der Waals surface area contributed by atoms with Crippen molar-refractivity contribution in [3.8, 4) is 17.0 Å². The van der Waals surface area contributed by atoms with Crippen LogP contribution in [0.2, 0.25) is 0 Å². The van der Waals surface area contributed by atoms with Gasteiger partial charge in [0, 0.05) is 99.2 Å². The molecule has 4 aromatic rings. The highest BCUT2D eigenvalue weighted by atomic mass is 19.3. The van der Waals surface area contributed by atoms with Crippen molar-refractivity contribution < 1.29 is 32.7 Å². The Kier molecular flexibility index (Phi) is 9.06. The largest absolute Gasteiger partial charge is 0.504 e. The van der Waals surface area contributed by atoms with Gasteiger partial charge < -0.3 is 25.1 Å². The zero-order valence-corrected chi connectivity index (χ0v) is 32.6. The van der Waals surface area contributed by atoms with Crippen LogP contribution in [-0.4, -0.2) is 110 Å². The fraction of sp³-hybridized carbons (Fsp3) is 0.476. The zero-order valence-electron chi connectivity index (χ0n) is 32.6. The Balaban J connectivity index is 0.795. The van der Waals surface area contributed by atoms with E-state index < -0.39 is 35.5 Å². The number of carbonyl (C=O) groups is 3. The fourth-order valence-corrected chi connectivity index (χ4v) is 10.5. The van der Waals surface area contributed by atoms with Gasteiger partial charge in [-0.2, -0.15) is 5.10 Å². The molecule has 6 aliphatic heterocycles. The highest BCUT2D eigenvalue weighted by Gasteiger charge is 2.56. The van der Waals surface area contributed by atoms with E-state index in [0.717, 1.165) is 74.1 Å². The molecule has 0 aliphatic carbocycles. The Morgan fingerprint density at radius 1 is 0.983 bits per heavy atom. The third-order valence-corrected chi connectivity index (χ3v) is 13.5. The number of hydrogen-bond donors (Lipinski definition) is 3. The second kappa shape index (κ2) is 14.2. The standard InChI is InChI=1S/C42H45F3N10O4/c1-23-17-51(18-24-9-11-52(12-10-24)27-6-5-25-20-53(40(59)30(25)13-27)33-7-8-35(56)48-39(33)58)19-26-16-47-55(36(23)26)28-15-42(41(44)45)22-46-38-34(54(42)21-28)14-32(49-50-38)29-3-2-4-31(43)37(29)57/h2-6,13-14,16,23-24,28,33,41,57H,7-12,15,17-22H2,1H3,(H,46,50)(H,48,56,58)/t23?,28-,33+,42-/m1/s1. The van der Waals surface area contributed by atoms with E-state index in [1.165, 1.54) is 12.1 Å². The highest BCUT2D eigenvalue weighted by molar-refractivity contribution is 6.05. The van der Waals surface area contributed by atoms with Gasteiger partial charge in [-0.05, 0) is 61.1 Å². The first-order chi connectivity index (χ1) is 28.5. The number of halogens is 3. The van der Waals surface area contributed by atoms with Crippen LogP contribution in [0.25, 0.3) is 11.3 Å². The SMILES string of the molecule is CC1CN(CC2CCN(c3ccc4c(c3)C(=O)N([C@H]3CCC(=O)NC3=O)C4)CC2)Cc2cnn([C@H]3CN4c5cc(-c6cccc(F)c6O)nnc5NC[C@@]4(C(F)F)C3)c21. The molecule has 59 heavy (non-hydrogen) atoms. The summed E-state index contributed by atoms with van der Waals surface area (Å²) in [4.78, 5) is 45.7. The molecule has 3 saturated heterocycles. The van der Waals surface area contributed by atoms with Crippen LogP contribution in [0, 0.1) is 11.7 Å². The molecule has 3 N–H and O–H groups in total. The van der Waals surface area contributed by atoms with Gasteiger partial charge in [-0.1, -0.05) is 19.1 Å². The van der Waals surface area contributed by atoms with Crippen LogP contribution in [0.1, 0.15) is 78.2 Å². The van der Waals surface area contributed by atoms with Gasteiger partial charge in [-0.3, -0.25) is 29.3 Å². The number of anilines is 3. The molecule has 10 rings (SSSR count). The minimum absolute atomic E-state index is 0.0211. The zero-order chi connectivity index (χ0) is 40.7. The van der Waals surface area contributed by atoms with Crippen LogP contribution in [-0.2, 0) is 22.7 Å². The number of alkyl halides is 2. The molecular formula is C42H45F3N10O4. The summed E-state index contributed by atoms with van der Waals surface area (Å²) >= 11 is 0. The summed E-state index contributed by atoms with van der Waals surface area (Å²) in [5.41, 5.74) is 3.94. The Morgan fingerprint density at radius 2 is 1.81 bits per heavy atom. The summed E-state index contributed by atoms with van der Waals surface area (Å²) in [6.07, 6.45) is 1.94. The summed E-state index contributed by atoms with van der Waals surface area (Å²) in [7, 11) is 0. The van der Waals surface area contributed by atoms with E-state index in [0.29, 0.717) is 36.0 Å². The highest BCUT2D eigenvalue weighted by Crippen LogP contribution is 2.49. The molecule has 0 radical (unpaired) electrons. The Morgan fingerprint density at radius 3 is 2.61 bits per heavy atom. The lowest BCUT2D eigenvalue weighted by Crippen LogP contribution is -2.57. The van der Waals surface area contributed by atoms with Gasteiger partial charge in [0.25, 0.3) is 12.3 Å². The number of fused-ring (bicyclic) bond motifs is 5. The van der Waals surface area contributed by atoms with E-state index in [9.17, 15) is 23.9 Å². The fourth-order valence-electron chi connectivity index (χ4n) is 10.5. The van der Waals surface area contributed by atoms with Crippen molar-refractivity contribution in [3.63, 3.8) is 0 Å². The van der Waals surface area contributed by atoms with E-state index in [2.05, 4.69) is 43.6 Å². The lowest BCUT2D eigenvalue weighted by atomic mass is 9.91. The number of aromatic nitrogens is 4. The Hall–Kier alpha value is -5.71. The molecule has 4 atom stereocenters. The van der Waals surface area contributed by atoms with E-state index in [1.807, 2.05) is 23.0 Å². The van der Waals surface area contributed by atoms with Crippen molar-refractivity contribution in [2.45, 2.75) is 82.1 Å². The van der Waals surface area contributed by atoms with Crippen LogP contribution in [0.3, 0.4) is 0 Å². The number of phenolic OH excluding ortho intramolecular Hbond substituents is 1. The summed E-state index contributed by atoms with van der Waals surface area (Å²) < 4.78 is 46.6. The summed E-state index contributed by atoms with van der Waals surface area (Å²) in [5.74, 6) is -1.28.